The molecule has 0 aliphatic carbocycles. The van der Waals surface area contributed by atoms with Crippen LogP contribution in [0.5, 0.6) is 0 Å². The molecular formula is C14H13N3O2. The summed E-state index contributed by atoms with van der Waals surface area (Å²) >= 11 is 0. The Kier molecular flexibility index (Phi) is 3.62. The van der Waals surface area contributed by atoms with Gasteiger partial charge in [0.2, 0.25) is 5.91 Å². The van der Waals surface area contributed by atoms with Gasteiger partial charge >= 0.3 is 0 Å². The molecule has 0 radical (unpaired) electrons. The van der Waals surface area contributed by atoms with Crippen LogP contribution in [-0.4, -0.2) is 15.7 Å². The molecule has 0 bridgehead atoms. The maximum absolute atomic E-state index is 12.1. The molecule has 19 heavy (non-hydrogen) atoms. The molecule has 1 aromatic carbocycles. The van der Waals surface area contributed by atoms with Gasteiger partial charge < -0.3 is 5.32 Å². The lowest BCUT2D eigenvalue weighted by atomic mass is 10.1. The molecule has 0 spiro atoms. The Morgan fingerprint density at radius 3 is 2.74 bits per heavy atom. The molecule has 96 valence electrons. The third-order valence-electron chi connectivity index (χ3n) is 2.69. The van der Waals surface area contributed by atoms with Crippen LogP contribution in [0.1, 0.15) is 12.6 Å². The van der Waals surface area contributed by atoms with Gasteiger partial charge in [-0.05, 0) is 6.07 Å². The van der Waals surface area contributed by atoms with Gasteiger partial charge in [-0.1, -0.05) is 24.1 Å². The van der Waals surface area contributed by atoms with Gasteiger partial charge in [0.15, 0.2) is 0 Å². The van der Waals surface area contributed by atoms with Crippen molar-refractivity contribution < 1.29 is 4.79 Å². The van der Waals surface area contributed by atoms with E-state index >= 15 is 0 Å². The molecular weight excluding hydrogens is 242 g/mol. The van der Waals surface area contributed by atoms with Crippen molar-refractivity contribution in [1.82, 2.24) is 15.1 Å². The Hall–Kier alpha value is -2.61. The summed E-state index contributed by atoms with van der Waals surface area (Å²) in [4.78, 5) is 23.1. The standard InChI is InChI=1S/C14H13N3O2/c1-3-8-17-14(19)12-7-5-4-6-11(12)13(16-17)9-15-10(2)18/h1,4-7H,8-9H2,2H3,(H,15,18). The van der Waals surface area contributed by atoms with Crippen LogP contribution in [-0.2, 0) is 17.9 Å². The highest BCUT2D eigenvalue weighted by Crippen LogP contribution is 2.12. The van der Waals surface area contributed by atoms with Crippen LogP contribution >= 0.6 is 0 Å². The molecule has 2 rings (SSSR count). The molecule has 2 aromatic rings. The van der Waals surface area contributed by atoms with E-state index in [0.717, 1.165) is 5.39 Å². The molecule has 0 atom stereocenters. The minimum absolute atomic E-state index is 0.108. The Morgan fingerprint density at radius 2 is 2.11 bits per heavy atom. The Morgan fingerprint density at radius 1 is 1.42 bits per heavy atom. The summed E-state index contributed by atoms with van der Waals surface area (Å²) in [6, 6.07) is 7.14. The average molecular weight is 255 g/mol. The topological polar surface area (TPSA) is 64.0 Å². The summed E-state index contributed by atoms with van der Waals surface area (Å²) in [5.41, 5.74) is 0.403. The van der Waals surface area contributed by atoms with E-state index < -0.39 is 0 Å². The number of amides is 1. The van der Waals surface area contributed by atoms with E-state index in [2.05, 4.69) is 16.3 Å². The molecule has 5 nitrogen and oxygen atoms in total. The number of fused-ring (bicyclic) bond motifs is 1. The summed E-state index contributed by atoms with van der Waals surface area (Å²) in [6.07, 6.45) is 5.23. The van der Waals surface area contributed by atoms with Crippen LogP contribution in [0.4, 0.5) is 0 Å². The number of nitrogens with one attached hydrogen (secondary N) is 1. The molecule has 0 aliphatic heterocycles. The zero-order valence-electron chi connectivity index (χ0n) is 10.5. The lowest BCUT2D eigenvalue weighted by Crippen LogP contribution is -2.27. The van der Waals surface area contributed by atoms with Crippen molar-refractivity contribution in [3.63, 3.8) is 0 Å². The molecule has 0 saturated heterocycles. The van der Waals surface area contributed by atoms with E-state index in [1.165, 1.54) is 11.6 Å². The summed E-state index contributed by atoms with van der Waals surface area (Å²) < 4.78 is 1.24. The van der Waals surface area contributed by atoms with Crippen LogP contribution in [0.2, 0.25) is 0 Å². The first-order valence-electron chi connectivity index (χ1n) is 5.80. The first-order chi connectivity index (χ1) is 9.13. The van der Waals surface area contributed by atoms with Crippen molar-refractivity contribution in [2.45, 2.75) is 20.0 Å². The SMILES string of the molecule is C#CCn1nc(CNC(C)=O)c2ccccc2c1=O. The number of hydrogen-bond donors (Lipinski definition) is 1. The Labute approximate surface area is 110 Å². The zero-order chi connectivity index (χ0) is 13.8. The van der Waals surface area contributed by atoms with E-state index in [1.54, 1.807) is 18.2 Å². The van der Waals surface area contributed by atoms with Crippen LogP contribution < -0.4 is 10.9 Å². The Bertz CT molecular complexity index is 726. The predicted octanol–water partition coefficient (Wildman–Crippen LogP) is 0.666. The van der Waals surface area contributed by atoms with E-state index in [1.807, 2.05) is 6.07 Å². The number of terminal acetylenes is 1. The summed E-state index contributed by atoms with van der Waals surface area (Å²) in [7, 11) is 0. The highest BCUT2D eigenvalue weighted by atomic mass is 16.1. The number of benzene rings is 1. The number of carbonyl (C=O) groups excluding carboxylic acids is 1. The van der Waals surface area contributed by atoms with Gasteiger partial charge in [-0.15, -0.1) is 6.42 Å². The van der Waals surface area contributed by atoms with Crippen molar-refractivity contribution in [1.29, 1.82) is 0 Å². The monoisotopic (exact) mass is 255 g/mol. The number of nitrogens with zero attached hydrogens (tertiary/aromatic N) is 2. The molecule has 1 heterocycles. The summed E-state index contributed by atoms with van der Waals surface area (Å²) in [5.74, 6) is 2.24. The molecule has 0 fully saturated rings. The zero-order valence-corrected chi connectivity index (χ0v) is 10.5. The first kappa shape index (κ1) is 12.8. The minimum atomic E-state index is -0.222. The largest absolute Gasteiger partial charge is 0.351 e. The van der Waals surface area contributed by atoms with E-state index in [0.29, 0.717) is 11.1 Å². The van der Waals surface area contributed by atoms with Gasteiger partial charge in [0.05, 0.1) is 17.6 Å². The minimum Gasteiger partial charge on any atom is -0.351 e. The molecule has 1 amide bonds. The second kappa shape index (κ2) is 5.36. The van der Waals surface area contributed by atoms with Crippen molar-refractivity contribution in [3.05, 3.63) is 40.3 Å². The smallest absolute Gasteiger partial charge is 0.275 e. The fourth-order valence-electron chi connectivity index (χ4n) is 1.84. The molecule has 5 heteroatoms. The van der Waals surface area contributed by atoms with Crippen LogP contribution in [0, 0.1) is 12.3 Å². The normalized spacial score (nSPS) is 10.1. The quantitative estimate of drug-likeness (QED) is 0.820. The number of hydrogen-bond acceptors (Lipinski definition) is 3. The summed E-state index contributed by atoms with van der Waals surface area (Å²) in [6.45, 7) is 1.80. The lowest BCUT2D eigenvalue weighted by Gasteiger charge is -2.09. The molecule has 1 aromatic heterocycles. The maximum Gasteiger partial charge on any atom is 0.275 e. The molecule has 0 saturated carbocycles. The molecule has 1 N–H and O–H groups in total. The second-order valence-electron chi connectivity index (χ2n) is 4.07. The van der Waals surface area contributed by atoms with E-state index in [4.69, 9.17) is 6.42 Å². The van der Waals surface area contributed by atoms with Crippen molar-refractivity contribution in [2.24, 2.45) is 0 Å². The Balaban J connectivity index is 2.61. The highest BCUT2D eigenvalue weighted by molar-refractivity contribution is 5.84. The average Bonchev–Trinajstić information content (AvgIpc) is 2.40. The van der Waals surface area contributed by atoms with Gasteiger partial charge in [0.25, 0.3) is 5.56 Å². The van der Waals surface area contributed by atoms with Crippen molar-refractivity contribution in [3.8, 4) is 12.3 Å². The fraction of sp³-hybridized carbons (Fsp3) is 0.214. The number of aromatic nitrogens is 2. The van der Waals surface area contributed by atoms with Gasteiger partial charge in [0.1, 0.15) is 6.54 Å². The van der Waals surface area contributed by atoms with Gasteiger partial charge in [-0.25, -0.2) is 4.68 Å². The number of rotatable bonds is 3. The van der Waals surface area contributed by atoms with Crippen molar-refractivity contribution in [2.75, 3.05) is 0 Å². The van der Waals surface area contributed by atoms with Crippen LogP contribution in [0.15, 0.2) is 29.1 Å². The van der Waals surface area contributed by atoms with E-state index in [-0.39, 0.29) is 24.6 Å². The van der Waals surface area contributed by atoms with Gasteiger partial charge in [0, 0.05) is 12.3 Å². The fourth-order valence-corrected chi connectivity index (χ4v) is 1.84. The maximum atomic E-state index is 12.1. The van der Waals surface area contributed by atoms with E-state index in [9.17, 15) is 9.59 Å². The van der Waals surface area contributed by atoms with Crippen LogP contribution in [0.25, 0.3) is 10.8 Å². The summed E-state index contributed by atoms with van der Waals surface area (Å²) in [5, 5.41) is 8.16. The van der Waals surface area contributed by atoms with Crippen LogP contribution in [0.3, 0.4) is 0 Å². The highest BCUT2D eigenvalue weighted by Gasteiger charge is 2.09. The van der Waals surface area contributed by atoms with Gasteiger partial charge in [-0.3, -0.25) is 9.59 Å². The third-order valence-corrected chi connectivity index (χ3v) is 2.69. The lowest BCUT2D eigenvalue weighted by molar-refractivity contribution is -0.119. The van der Waals surface area contributed by atoms with Crippen molar-refractivity contribution >= 4 is 16.7 Å². The number of carbonyl (C=O) groups is 1. The van der Waals surface area contributed by atoms with Gasteiger partial charge in [-0.2, -0.15) is 5.10 Å². The molecule has 0 aliphatic rings. The predicted molar refractivity (Wildman–Crippen MR) is 72.4 cm³/mol. The third kappa shape index (κ3) is 2.63. The first-order valence-corrected chi connectivity index (χ1v) is 5.80. The second-order valence-corrected chi connectivity index (χ2v) is 4.07. The molecule has 0 unspecified atom stereocenters.